The zero-order chi connectivity index (χ0) is 47.0. The Labute approximate surface area is 375 Å². The van der Waals surface area contributed by atoms with Crippen molar-refractivity contribution in [3.05, 3.63) is 48.2 Å². The molecule has 63 heavy (non-hydrogen) atoms. The summed E-state index contributed by atoms with van der Waals surface area (Å²) in [7, 11) is 9.61. The average molecular weight is 892 g/mol. The molecule has 16 atom stereocenters. The van der Waals surface area contributed by atoms with Crippen molar-refractivity contribution in [2.24, 2.45) is 29.6 Å². The molecule has 0 saturated carbocycles. The highest BCUT2D eigenvalue weighted by Crippen LogP contribution is 2.44. The van der Waals surface area contributed by atoms with E-state index in [2.05, 4.69) is 6.08 Å². The molecule has 0 aliphatic carbocycles. The summed E-state index contributed by atoms with van der Waals surface area (Å²) in [4.78, 5) is 52.7. The van der Waals surface area contributed by atoms with E-state index in [-0.39, 0.29) is 36.2 Å². The Morgan fingerprint density at radius 3 is 2.19 bits per heavy atom. The predicted molar refractivity (Wildman–Crippen MR) is 236 cm³/mol. The Morgan fingerprint density at radius 1 is 0.968 bits per heavy atom. The first-order valence-corrected chi connectivity index (χ1v) is 22.3. The van der Waals surface area contributed by atoms with E-state index in [0.29, 0.717) is 50.7 Å². The highest BCUT2D eigenvalue weighted by Gasteiger charge is 2.59. The fourth-order valence-electron chi connectivity index (χ4n) is 9.31. The Balaban J connectivity index is 2.00. The van der Waals surface area contributed by atoms with Crippen LogP contribution in [0.4, 0.5) is 0 Å². The van der Waals surface area contributed by atoms with Gasteiger partial charge in [0.05, 0.1) is 55.4 Å². The van der Waals surface area contributed by atoms with Gasteiger partial charge < -0.3 is 52.6 Å². The van der Waals surface area contributed by atoms with Crippen LogP contribution in [0.25, 0.3) is 0 Å². The number of methoxy groups -OCH3 is 5. The van der Waals surface area contributed by atoms with Gasteiger partial charge in [0.25, 0.3) is 0 Å². The first kappa shape index (κ1) is 54.1. The van der Waals surface area contributed by atoms with E-state index in [9.17, 15) is 24.3 Å². The number of hydrogen-bond acceptors (Lipinski definition) is 14. The summed E-state index contributed by atoms with van der Waals surface area (Å²) in [6.07, 6.45) is 9.72. The number of fused-ring (bicyclic) bond motifs is 2. The number of aliphatic hydroxyl groups excluding tert-OH is 1. The molecular weight excluding hydrogens is 815 g/mol. The molecule has 15 heteroatoms. The van der Waals surface area contributed by atoms with Crippen molar-refractivity contribution in [2.45, 2.75) is 154 Å². The molecule has 0 radical (unpaired) electrons. The standard InChI is InChI=1S/C48H77NO14/c1-29-17-20-44(54)63-47(34(6)46(61-35(7)51)30(2)18-19-38(52)32(4)45(59-13)31(3)21-22-49(8)28-50)33(5)40(55-9)26-43(58-12)48(27-60-48)42(57-11)25-37-16-14-15-36(62-37)24-41(56-10)39(53)23-29/h14-15,17,20-23,28,30-34,36-37,39-43,45-47,53H,16,18-19,24-27H2,1-13H3/b20-17?,22-21+,29-23+/t30-,31+,32+,33-,34-,36+,37-,39+,40+,41+,42-,43+,45-,46-,47+,48-/m1/s1. The van der Waals surface area contributed by atoms with E-state index < -0.39 is 84.1 Å². The topological polar surface area (TPSA) is 178 Å². The molecule has 0 aromatic rings. The summed E-state index contributed by atoms with van der Waals surface area (Å²) in [5, 5.41) is 11.2. The third-order valence-electron chi connectivity index (χ3n) is 13.2. The molecule has 1 spiro atoms. The Morgan fingerprint density at radius 2 is 1.62 bits per heavy atom. The quantitative estimate of drug-likeness (QED) is 0.0782. The maximum Gasteiger partial charge on any atom is 0.331 e. The van der Waals surface area contributed by atoms with E-state index in [1.807, 2.05) is 46.8 Å². The summed E-state index contributed by atoms with van der Waals surface area (Å²) in [5.74, 6) is -3.19. The van der Waals surface area contributed by atoms with Crippen LogP contribution in [0.5, 0.6) is 0 Å². The minimum absolute atomic E-state index is 0.0215. The van der Waals surface area contributed by atoms with Crippen molar-refractivity contribution in [1.82, 2.24) is 4.90 Å². The van der Waals surface area contributed by atoms with Crippen molar-refractivity contribution in [3.63, 3.8) is 0 Å². The normalized spacial score (nSPS) is 33.5. The van der Waals surface area contributed by atoms with Crippen LogP contribution in [-0.2, 0) is 61.8 Å². The molecule has 15 nitrogen and oxygen atoms in total. The summed E-state index contributed by atoms with van der Waals surface area (Å²) in [6, 6.07) is 0. The summed E-state index contributed by atoms with van der Waals surface area (Å²) in [5.41, 5.74) is -0.184. The number of carbonyl (C=O) groups is 4. The van der Waals surface area contributed by atoms with Gasteiger partial charge in [0.2, 0.25) is 6.41 Å². The van der Waals surface area contributed by atoms with Crippen molar-refractivity contribution in [3.8, 4) is 0 Å². The van der Waals surface area contributed by atoms with Crippen molar-refractivity contribution in [1.29, 1.82) is 0 Å². The molecule has 1 saturated heterocycles. The van der Waals surface area contributed by atoms with Gasteiger partial charge in [-0.1, -0.05) is 70.6 Å². The van der Waals surface area contributed by atoms with Crippen LogP contribution in [0, 0.1) is 29.6 Å². The maximum absolute atomic E-state index is 13.8. The number of esters is 2. The van der Waals surface area contributed by atoms with E-state index in [1.54, 1.807) is 67.9 Å². The monoisotopic (exact) mass is 892 g/mol. The summed E-state index contributed by atoms with van der Waals surface area (Å²) in [6.45, 7) is 13.0. The lowest BCUT2D eigenvalue weighted by molar-refractivity contribution is -0.169. The SMILES string of the molecule is CO[C@H]([C@@H](C)/C=C/N(C)C=O)[C@@H](C)C(=O)CC[C@@H](C)[C@@H](OC(C)=O)[C@@H](C)[C@H]1OC(=O)C=C/C(C)=C/[C@H](O)[C@@H](OC)C[C@@H]2C=CC[C@H](C[C@@H](OC)[C@]3(CO3)[C@@H](OC)C[C@H](OC)[C@H]1C)O2. The molecule has 3 rings (SSSR count). The largest absolute Gasteiger partial charge is 0.462 e. The lowest BCUT2D eigenvalue weighted by Gasteiger charge is -2.40. The summed E-state index contributed by atoms with van der Waals surface area (Å²) >= 11 is 0. The van der Waals surface area contributed by atoms with Gasteiger partial charge in [-0.05, 0) is 25.7 Å². The number of aliphatic hydroxyl groups is 1. The van der Waals surface area contributed by atoms with E-state index in [1.165, 1.54) is 17.9 Å². The fraction of sp³-hybridized carbons (Fsp3) is 0.750. The Kier molecular flexibility index (Phi) is 22.3. The van der Waals surface area contributed by atoms with Gasteiger partial charge in [-0.15, -0.1) is 0 Å². The number of cyclic esters (lactones) is 1. The number of carbonyl (C=O) groups excluding carboxylic acids is 4. The number of hydrogen-bond donors (Lipinski definition) is 1. The first-order chi connectivity index (χ1) is 29.9. The third kappa shape index (κ3) is 15.4. The van der Waals surface area contributed by atoms with E-state index in [0.717, 1.165) is 0 Å². The van der Waals surface area contributed by atoms with Crippen LogP contribution in [0.15, 0.2) is 48.2 Å². The molecule has 3 aliphatic heterocycles. The van der Waals surface area contributed by atoms with Gasteiger partial charge in [0.1, 0.15) is 23.6 Å². The number of ether oxygens (including phenoxy) is 9. The van der Waals surface area contributed by atoms with Gasteiger partial charge in [-0.3, -0.25) is 14.4 Å². The van der Waals surface area contributed by atoms with Crippen LogP contribution < -0.4 is 0 Å². The van der Waals surface area contributed by atoms with E-state index in [4.69, 9.17) is 42.6 Å². The molecule has 3 heterocycles. The van der Waals surface area contributed by atoms with Crippen molar-refractivity contribution >= 4 is 24.1 Å². The van der Waals surface area contributed by atoms with Crippen LogP contribution in [0.3, 0.4) is 0 Å². The number of epoxide rings is 1. The molecule has 0 unspecified atom stereocenters. The van der Waals surface area contributed by atoms with Gasteiger partial charge in [0.15, 0.2) is 0 Å². The third-order valence-corrected chi connectivity index (χ3v) is 13.2. The number of nitrogens with zero attached hydrogens (tertiary/aromatic N) is 1. The second-order valence-electron chi connectivity index (χ2n) is 17.8. The number of allylic oxidation sites excluding steroid dienone is 2. The smallest absolute Gasteiger partial charge is 0.331 e. The minimum Gasteiger partial charge on any atom is -0.462 e. The molecule has 0 aromatic heterocycles. The highest BCUT2D eigenvalue weighted by atomic mass is 16.6. The molecular formula is C48H77NO14. The van der Waals surface area contributed by atoms with Crippen LogP contribution in [0.2, 0.25) is 0 Å². The highest BCUT2D eigenvalue weighted by molar-refractivity contribution is 5.82. The van der Waals surface area contributed by atoms with Gasteiger partial charge >= 0.3 is 11.9 Å². The van der Waals surface area contributed by atoms with Crippen LogP contribution in [-0.4, -0.2) is 150 Å². The number of Topliss-reactive ketones (excluding diaryl/α,β-unsaturated/α-hetero) is 1. The molecule has 1 amide bonds. The van der Waals surface area contributed by atoms with Crippen molar-refractivity contribution in [2.75, 3.05) is 49.2 Å². The second-order valence-corrected chi connectivity index (χ2v) is 17.8. The number of rotatable bonds is 18. The molecule has 358 valence electrons. The van der Waals surface area contributed by atoms with Gasteiger partial charge in [0, 0.05) is 111 Å². The second kappa shape index (κ2) is 26.0. The van der Waals surface area contributed by atoms with Crippen LogP contribution >= 0.6 is 0 Å². The zero-order valence-corrected chi connectivity index (χ0v) is 39.9. The number of ketones is 1. The first-order valence-electron chi connectivity index (χ1n) is 22.3. The lowest BCUT2D eigenvalue weighted by atomic mass is 9.78. The molecule has 1 fully saturated rings. The maximum atomic E-state index is 13.8. The molecule has 3 aliphatic rings. The number of amides is 1. The predicted octanol–water partition coefficient (Wildman–Crippen LogP) is 5.57. The zero-order valence-electron chi connectivity index (χ0n) is 39.9. The van der Waals surface area contributed by atoms with E-state index >= 15 is 0 Å². The fourth-order valence-corrected chi connectivity index (χ4v) is 9.31. The molecule has 2 bridgehead atoms. The Bertz CT molecular complexity index is 1580. The minimum atomic E-state index is -0.997. The average Bonchev–Trinajstić information content (AvgIpc) is 4.07. The van der Waals surface area contributed by atoms with Gasteiger partial charge in [-0.2, -0.15) is 0 Å². The molecule has 1 N–H and O–H groups in total. The van der Waals surface area contributed by atoms with Gasteiger partial charge in [-0.25, -0.2) is 4.79 Å². The van der Waals surface area contributed by atoms with Crippen molar-refractivity contribution < 1.29 is 66.9 Å². The Hall–Kier alpha value is -3.28. The van der Waals surface area contributed by atoms with Crippen LogP contribution in [0.1, 0.15) is 87.0 Å². The summed E-state index contributed by atoms with van der Waals surface area (Å²) < 4.78 is 55.0. The molecule has 0 aromatic carbocycles. The lowest BCUT2D eigenvalue weighted by Crippen LogP contribution is -2.50.